The predicted molar refractivity (Wildman–Crippen MR) is 300 cm³/mol. The summed E-state index contributed by atoms with van der Waals surface area (Å²) in [7, 11) is 0. The van der Waals surface area contributed by atoms with Crippen molar-refractivity contribution in [2.75, 3.05) is 0 Å². The fourth-order valence-corrected chi connectivity index (χ4v) is 10.6. The lowest BCUT2D eigenvalue weighted by atomic mass is 9.86. The van der Waals surface area contributed by atoms with Crippen molar-refractivity contribution in [3.05, 3.63) is 248 Å². The number of hydrogen-bond donors (Lipinski definition) is 0. The zero-order chi connectivity index (χ0) is 48.3. The van der Waals surface area contributed by atoms with Gasteiger partial charge in [-0.2, -0.15) is 9.97 Å². The Balaban J connectivity index is 1.07. The van der Waals surface area contributed by atoms with Crippen LogP contribution in [0.3, 0.4) is 0 Å². The van der Waals surface area contributed by atoms with Crippen LogP contribution in [0.2, 0.25) is 0 Å². The van der Waals surface area contributed by atoms with Gasteiger partial charge in [0.25, 0.3) is 0 Å². The van der Waals surface area contributed by atoms with Crippen LogP contribution in [0.1, 0.15) is 26.3 Å². The predicted octanol–water partition coefficient (Wildman–Crippen LogP) is 17.4. The Morgan fingerprint density at radius 1 is 0.292 bits per heavy atom. The van der Waals surface area contributed by atoms with Gasteiger partial charge in [-0.1, -0.05) is 209 Å². The van der Waals surface area contributed by atoms with Crippen molar-refractivity contribution in [1.29, 1.82) is 0 Å². The molecule has 3 heterocycles. The minimum atomic E-state index is -0.000334. The molecule has 3 aromatic heterocycles. The average Bonchev–Trinajstić information content (AvgIpc) is 3.95. The Labute approximate surface area is 419 Å². The van der Waals surface area contributed by atoms with Gasteiger partial charge in [-0.15, -0.1) is 0 Å². The Hall–Kier alpha value is -9.19. The molecule has 342 valence electrons. The van der Waals surface area contributed by atoms with Crippen LogP contribution < -0.4 is 0 Å². The molecule has 0 saturated carbocycles. The van der Waals surface area contributed by atoms with E-state index in [2.05, 4.69) is 254 Å². The molecule has 0 N–H and O–H groups in total. The summed E-state index contributed by atoms with van der Waals surface area (Å²) in [6, 6.07) is 86.8. The molecule has 0 spiro atoms. The Kier molecular flexibility index (Phi) is 10.3. The van der Waals surface area contributed by atoms with E-state index in [0.29, 0.717) is 17.6 Å². The highest BCUT2D eigenvalue weighted by atomic mass is 15.2. The van der Waals surface area contributed by atoms with E-state index in [0.717, 1.165) is 60.8 Å². The van der Waals surface area contributed by atoms with Gasteiger partial charge >= 0.3 is 0 Å². The van der Waals surface area contributed by atoms with Crippen molar-refractivity contribution in [2.24, 2.45) is 0 Å². The summed E-state index contributed by atoms with van der Waals surface area (Å²) in [5.74, 6) is 1.73. The molecule has 0 aliphatic rings. The summed E-state index contributed by atoms with van der Waals surface area (Å²) in [5, 5.41) is 4.63. The summed E-state index contributed by atoms with van der Waals surface area (Å²) in [6.45, 7) is 6.82. The summed E-state index contributed by atoms with van der Waals surface area (Å²) in [6.07, 6.45) is 0. The van der Waals surface area contributed by atoms with Gasteiger partial charge in [0.15, 0.2) is 11.6 Å². The molecule has 10 aromatic carbocycles. The quantitative estimate of drug-likeness (QED) is 0.153. The first-order valence-corrected chi connectivity index (χ1v) is 24.7. The first-order valence-electron chi connectivity index (χ1n) is 24.7. The third kappa shape index (κ3) is 7.37. The lowest BCUT2D eigenvalue weighted by Crippen LogP contribution is -2.10. The van der Waals surface area contributed by atoms with Crippen molar-refractivity contribution < 1.29 is 0 Å². The molecule has 0 aliphatic heterocycles. The fraction of sp³-hybridized carbons (Fsp3) is 0.0597. The minimum Gasteiger partial charge on any atom is -0.309 e. The number of nitrogens with zero attached hydrogens (tertiary/aromatic N) is 5. The second kappa shape index (κ2) is 17.3. The normalized spacial score (nSPS) is 11.8. The molecular formula is C67H49N5. The van der Waals surface area contributed by atoms with E-state index in [-0.39, 0.29) is 5.41 Å². The first-order chi connectivity index (χ1) is 35.4. The minimum absolute atomic E-state index is 0.000334. The van der Waals surface area contributed by atoms with Crippen molar-refractivity contribution in [3.8, 4) is 78.9 Å². The molecule has 0 fully saturated rings. The summed E-state index contributed by atoms with van der Waals surface area (Å²) in [5.41, 5.74) is 17.7. The van der Waals surface area contributed by atoms with E-state index in [1.54, 1.807) is 0 Å². The van der Waals surface area contributed by atoms with Crippen LogP contribution in [0.25, 0.3) is 123 Å². The first kappa shape index (κ1) is 42.9. The molecular weight excluding hydrogens is 875 g/mol. The van der Waals surface area contributed by atoms with Crippen LogP contribution in [-0.2, 0) is 5.41 Å². The summed E-state index contributed by atoms with van der Waals surface area (Å²) >= 11 is 0. The number of rotatable bonds is 8. The molecule has 0 radical (unpaired) electrons. The SMILES string of the molecule is CC(C)(C)c1ccc2c(c1)c1ccccc1n2-c1ccccc1-c1nc(-c2ccccc2)nc(-n2c3ccc(-c4ccccc4-c4ccccc4)cc3c3cc(-c4ccccc4-c4ccccc4)ccc32)n1. The Morgan fingerprint density at radius 3 is 1.28 bits per heavy atom. The molecule has 0 saturated heterocycles. The number of aromatic nitrogens is 5. The maximum absolute atomic E-state index is 5.55. The number of para-hydroxylation sites is 2. The van der Waals surface area contributed by atoms with E-state index in [1.807, 2.05) is 18.2 Å². The molecule has 0 amide bonds. The van der Waals surface area contributed by atoms with Gasteiger partial charge in [-0.25, -0.2) is 4.98 Å². The van der Waals surface area contributed by atoms with Crippen molar-refractivity contribution in [1.82, 2.24) is 24.1 Å². The van der Waals surface area contributed by atoms with Gasteiger partial charge in [-0.3, -0.25) is 4.57 Å². The Bertz CT molecular complexity index is 4040. The van der Waals surface area contributed by atoms with E-state index >= 15 is 0 Å². The van der Waals surface area contributed by atoms with Crippen molar-refractivity contribution >= 4 is 43.6 Å². The molecule has 0 unspecified atom stereocenters. The maximum Gasteiger partial charge on any atom is 0.238 e. The zero-order valence-electron chi connectivity index (χ0n) is 40.3. The van der Waals surface area contributed by atoms with Crippen LogP contribution >= 0.6 is 0 Å². The van der Waals surface area contributed by atoms with Crippen LogP contribution in [0.5, 0.6) is 0 Å². The molecule has 13 aromatic rings. The lowest BCUT2D eigenvalue weighted by Gasteiger charge is -2.19. The monoisotopic (exact) mass is 923 g/mol. The van der Waals surface area contributed by atoms with Gasteiger partial charge in [0.2, 0.25) is 5.95 Å². The van der Waals surface area contributed by atoms with Crippen molar-refractivity contribution in [3.63, 3.8) is 0 Å². The van der Waals surface area contributed by atoms with E-state index in [1.165, 1.54) is 49.7 Å². The Morgan fingerprint density at radius 2 is 0.708 bits per heavy atom. The van der Waals surface area contributed by atoms with Gasteiger partial charge in [-0.05, 0) is 110 Å². The highest BCUT2D eigenvalue weighted by Crippen LogP contribution is 2.42. The van der Waals surface area contributed by atoms with Crippen LogP contribution in [0.4, 0.5) is 0 Å². The smallest absolute Gasteiger partial charge is 0.238 e. The number of fused-ring (bicyclic) bond motifs is 6. The lowest BCUT2D eigenvalue weighted by molar-refractivity contribution is 0.591. The molecule has 5 heteroatoms. The number of hydrogen-bond acceptors (Lipinski definition) is 3. The van der Waals surface area contributed by atoms with E-state index in [9.17, 15) is 0 Å². The van der Waals surface area contributed by atoms with Gasteiger partial charge < -0.3 is 4.57 Å². The second-order valence-corrected chi connectivity index (χ2v) is 19.6. The molecule has 5 nitrogen and oxygen atoms in total. The van der Waals surface area contributed by atoms with Crippen LogP contribution in [0.15, 0.2) is 243 Å². The highest BCUT2D eigenvalue weighted by Gasteiger charge is 2.24. The molecule has 0 aliphatic carbocycles. The molecule has 0 atom stereocenters. The largest absolute Gasteiger partial charge is 0.309 e. The van der Waals surface area contributed by atoms with Crippen molar-refractivity contribution in [2.45, 2.75) is 26.2 Å². The maximum atomic E-state index is 5.55. The van der Waals surface area contributed by atoms with Gasteiger partial charge in [0, 0.05) is 32.7 Å². The van der Waals surface area contributed by atoms with E-state index in [4.69, 9.17) is 15.0 Å². The average molecular weight is 924 g/mol. The topological polar surface area (TPSA) is 48.5 Å². The molecule has 13 rings (SSSR count). The number of benzene rings is 10. The summed E-state index contributed by atoms with van der Waals surface area (Å²) in [4.78, 5) is 16.3. The summed E-state index contributed by atoms with van der Waals surface area (Å²) < 4.78 is 4.61. The van der Waals surface area contributed by atoms with Crippen LogP contribution in [0, 0.1) is 0 Å². The van der Waals surface area contributed by atoms with E-state index < -0.39 is 0 Å². The zero-order valence-corrected chi connectivity index (χ0v) is 40.3. The fourth-order valence-electron chi connectivity index (χ4n) is 10.6. The highest BCUT2D eigenvalue weighted by molar-refractivity contribution is 6.13. The third-order valence-electron chi connectivity index (χ3n) is 14.2. The molecule has 72 heavy (non-hydrogen) atoms. The van der Waals surface area contributed by atoms with Gasteiger partial charge in [0.1, 0.15) is 0 Å². The van der Waals surface area contributed by atoms with Crippen LogP contribution in [-0.4, -0.2) is 24.1 Å². The second-order valence-electron chi connectivity index (χ2n) is 19.6. The standard InChI is InChI=1S/C67H49N5/c1-67(2,3)49-37-40-61-58(43-49)54-31-17-19-33-59(54)71(61)60-34-20-18-32-55(60)65-68-64(46-25-11-6-12-26-46)69-66(70-65)72-62-38-35-47(52-29-15-13-27-50(52)44-21-7-4-8-22-44)41-56(62)57-42-48(36-39-63(57)72)53-30-16-14-28-51(53)45-23-9-5-10-24-45/h4-43H,1-3H3. The third-order valence-corrected chi connectivity index (χ3v) is 14.2. The van der Waals surface area contributed by atoms with Gasteiger partial charge in [0.05, 0.1) is 27.8 Å². The molecule has 0 bridgehead atoms.